The summed E-state index contributed by atoms with van der Waals surface area (Å²) in [6.45, 7) is 3.93. The molecule has 74 valence electrons. The minimum atomic E-state index is -4.07. The molecule has 0 aliphatic heterocycles. The van der Waals surface area contributed by atoms with Gasteiger partial charge in [-0.15, -0.1) is 0 Å². The summed E-state index contributed by atoms with van der Waals surface area (Å²) < 4.78 is 35.7. The fourth-order valence-corrected chi connectivity index (χ4v) is 1.26. The molecule has 0 saturated carbocycles. The third kappa shape index (κ3) is 6.46. The quantitative estimate of drug-likeness (QED) is 0.712. The van der Waals surface area contributed by atoms with Gasteiger partial charge in [0.15, 0.2) is 0 Å². The predicted octanol–water partition coefficient (Wildman–Crippen LogP) is 2.56. The Hall–Kier alpha value is -0.250. The Balaban J connectivity index is 3.83. The van der Waals surface area contributed by atoms with Gasteiger partial charge in [-0.1, -0.05) is 13.8 Å². The Bertz CT molecular complexity index is 120. The molecule has 0 aromatic heterocycles. The summed E-state index contributed by atoms with van der Waals surface area (Å²) in [4.78, 5) is 0. The van der Waals surface area contributed by atoms with E-state index in [1.165, 1.54) is 0 Å². The predicted molar refractivity (Wildman–Crippen MR) is 42.7 cm³/mol. The lowest BCUT2D eigenvalue weighted by Gasteiger charge is -2.18. The first kappa shape index (κ1) is 11.8. The molecule has 0 bridgehead atoms. The Kier molecular flexibility index (Phi) is 4.60. The zero-order valence-corrected chi connectivity index (χ0v) is 7.49. The molecule has 0 aromatic rings. The van der Waals surface area contributed by atoms with E-state index in [-0.39, 0.29) is 12.5 Å². The van der Waals surface area contributed by atoms with E-state index >= 15 is 0 Å². The number of hydrogen-bond acceptors (Lipinski definition) is 1. The summed E-state index contributed by atoms with van der Waals surface area (Å²) >= 11 is 0. The lowest BCUT2D eigenvalue weighted by atomic mass is 9.94. The molecule has 1 atom stereocenters. The van der Waals surface area contributed by atoms with Gasteiger partial charge in [-0.05, 0) is 24.8 Å². The molecule has 0 spiro atoms. The molecule has 2 N–H and O–H groups in total. The second-order valence-electron chi connectivity index (χ2n) is 3.55. The van der Waals surface area contributed by atoms with Gasteiger partial charge in [0.05, 0.1) is 0 Å². The number of nitrogens with two attached hydrogens (primary N) is 1. The van der Waals surface area contributed by atoms with E-state index in [0.29, 0.717) is 6.42 Å². The summed E-state index contributed by atoms with van der Waals surface area (Å²) in [6, 6.07) is 0. The van der Waals surface area contributed by atoms with Crippen LogP contribution in [0.25, 0.3) is 0 Å². The van der Waals surface area contributed by atoms with Crippen LogP contribution in [-0.4, -0.2) is 12.7 Å². The highest BCUT2D eigenvalue weighted by atomic mass is 19.4. The van der Waals surface area contributed by atoms with E-state index < -0.39 is 18.5 Å². The van der Waals surface area contributed by atoms with Gasteiger partial charge < -0.3 is 5.73 Å². The van der Waals surface area contributed by atoms with Crippen LogP contribution >= 0.6 is 0 Å². The van der Waals surface area contributed by atoms with Crippen LogP contribution in [-0.2, 0) is 0 Å². The van der Waals surface area contributed by atoms with Gasteiger partial charge >= 0.3 is 6.18 Å². The van der Waals surface area contributed by atoms with E-state index in [1.807, 2.05) is 13.8 Å². The molecule has 0 radical (unpaired) electrons. The average Bonchev–Trinajstić information content (AvgIpc) is 1.82. The topological polar surface area (TPSA) is 26.0 Å². The lowest BCUT2D eigenvalue weighted by molar-refractivity contribution is -0.144. The maximum atomic E-state index is 11.9. The number of rotatable bonds is 4. The van der Waals surface area contributed by atoms with E-state index in [2.05, 4.69) is 0 Å². The van der Waals surface area contributed by atoms with Crippen LogP contribution in [0.3, 0.4) is 0 Å². The van der Waals surface area contributed by atoms with E-state index in [9.17, 15) is 13.2 Å². The third-order valence-corrected chi connectivity index (χ3v) is 1.66. The van der Waals surface area contributed by atoms with Crippen LogP contribution in [0.4, 0.5) is 13.2 Å². The maximum absolute atomic E-state index is 11.9. The average molecular weight is 183 g/mol. The molecule has 0 unspecified atom stereocenters. The molecule has 1 nitrogen and oxygen atoms in total. The van der Waals surface area contributed by atoms with Crippen LogP contribution in [0.15, 0.2) is 0 Å². The fourth-order valence-electron chi connectivity index (χ4n) is 1.26. The zero-order chi connectivity index (χ0) is 9.78. The summed E-state index contributed by atoms with van der Waals surface area (Å²) in [7, 11) is 0. The summed E-state index contributed by atoms with van der Waals surface area (Å²) in [5.74, 6) is -0.133. The minimum absolute atomic E-state index is 0.123. The molecule has 0 aliphatic rings. The Morgan fingerprint density at radius 2 is 1.75 bits per heavy atom. The Morgan fingerprint density at radius 1 is 1.25 bits per heavy atom. The van der Waals surface area contributed by atoms with E-state index in [1.54, 1.807) is 0 Å². The largest absolute Gasteiger partial charge is 0.389 e. The first-order chi connectivity index (χ1) is 5.35. The highest BCUT2D eigenvalue weighted by Crippen LogP contribution is 2.27. The lowest BCUT2D eigenvalue weighted by Crippen LogP contribution is -2.23. The maximum Gasteiger partial charge on any atom is 0.389 e. The monoisotopic (exact) mass is 183 g/mol. The molecule has 0 aromatic carbocycles. The van der Waals surface area contributed by atoms with Crippen molar-refractivity contribution >= 4 is 0 Å². The number of halogens is 3. The Labute approximate surface area is 71.1 Å². The van der Waals surface area contributed by atoms with Crippen molar-refractivity contribution in [3.05, 3.63) is 0 Å². The van der Waals surface area contributed by atoms with Gasteiger partial charge in [0.25, 0.3) is 0 Å². The van der Waals surface area contributed by atoms with E-state index in [0.717, 1.165) is 0 Å². The molecule has 12 heavy (non-hydrogen) atoms. The fraction of sp³-hybridized carbons (Fsp3) is 1.00. The van der Waals surface area contributed by atoms with Gasteiger partial charge in [0.1, 0.15) is 0 Å². The number of alkyl halides is 3. The van der Waals surface area contributed by atoms with Gasteiger partial charge in [-0.3, -0.25) is 0 Å². The van der Waals surface area contributed by atoms with Crippen LogP contribution in [0.2, 0.25) is 0 Å². The molecular weight excluding hydrogens is 167 g/mol. The van der Waals surface area contributed by atoms with Crippen molar-refractivity contribution in [3.8, 4) is 0 Å². The molecule has 4 heteroatoms. The van der Waals surface area contributed by atoms with Crippen molar-refractivity contribution in [2.24, 2.45) is 17.6 Å². The number of hydrogen-bond donors (Lipinski definition) is 1. The summed E-state index contributed by atoms with van der Waals surface area (Å²) in [5, 5.41) is 0. The molecule has 0 aliphatic carbocycles. The molecule has 0 amide bonds. The highest BCUT2D eigenvalue weighted by molar-refractivity contribution is 4.66. The van der Waals surface area contributed by atoms with Crippen molar-refractivity contribution < 1.29 is 13.2 Å². The standard InChI is InChI=1S/C8H16F3N/c1-6(2)3-7(5-12)4-8(9,10)11/h6-7H,3-5,12H2,1-2H3/t7-/m0/s1. The van der Waals surface area contributed by atoms with Gasteiger partial charge in [0, 0.05) is 6.42 Å². The second kappa shape index (κ2) is 4.70. The van der Waals surface area contributed by atoms with Crippen molar-refractivity contribution in [1.29, 1.82) is 0 Å². The van der Waals surface area contributed by atoms with Crippen molar-refractivity contribution in [2.45, 2.75) is 32.9 Å². The molecule has 0 heterocycles. The van der Waals surface area contributed by atoms with E-state index in [4.69, 9.17) is 5.73 Å². The zero-order valence-electron chi connectivity index (χ0n) is 7.49. The normalized spacial score (nSPS) is 15.2. The van der Waals surface area contributed by atoms with Crippen LogP contribution < -0.4 is 5.73 Å². The van der Waals surface area contributed by atoms with Crippen LogP contribution in [0.1, 0.15) is 26.7 Å². The molecule has 0 saturated heterocycles. The van der Waals surface area contributed by atoms with Crippen molar-refractivity contribution in [2.75, 3.05) is 6.54 Å². The molecule has 0 fully saturated rings. The molecular formula is C8H16F3N. The van der Waals surface area contributed by atoms with Crippen LogP contribution in [0.5, 0.6) is 0 Å². The molecule has 0 rings (SSSR count). The van der Waals surface area contributed by atoms with Gasteiger partial charge in [0.2, 0.25) is 0 Å². The SMILES string of the molecule is CC(C)C[C@H](CN)CC(F)(F)F. The second-order valence-corrected chi connectivity index (χ2v) is 3.55. The first-order valence-corrected chi connectivity index (χ1v) is 4.12. The third-order valence-electron chi connectivity index (χ3n) is 1.66. The summed E-state index contributed by atoms with van der Waals surface area (Å²) in [5.41, 5.74) is 5.23. The van der Waals surface area contributed by atoms with Crippen molar-refractivity contribution in [3.63, 3.8) is 0 Å². The van der Waals surface area contributed by atoms with Crippen LogP contribution in [0, 0.1) is 11.8 Å². The van der Waals surface area contributed by atoms with Crippen molar-refractivity contribution in [1.82, 2.24) is 0 Å². The summed E-state index contributed by atoms with van der Waals surface area (Å²) in [6.07, 6.45) is -4.27. The van der Waals surface area contributed by atoms with Gasteiger partial charge in [-0.25, -0.2) is 0 Å². The smallest absolute Gasteiger partial charge is 0.330 e. The Morgan fingerprint density at radius 3 is 2.00 bits per heavy atom. The first-order valence-electron chi connectivity index (χ1n) is 4.12. The minimum Gasteiger partial charge on any atom is -0.330 e. The highest BCUT2D eigenvalue weighted by Gasteiger charge is 2.31. The van der Waals surface area contributed by atoms with Gasteiger partial charge in [-0.2, -0.15) is 13.2 Å².